The fourth-order valence-corrected chi connectivity index (χ4v) is 7.39. The Labute approximate surface area is 282 Å². The number of esters is 1. The number of nitrogens with zero attached hydrogens (tertiary/aromatic N) is 3. The summed E-state index contributed by atoms with van der Waals surface area (Å²) in [6.45, 7) is 15.6. The van der Waals surface area contributed by atoms with E-state index in [-0.39, 0.29) is 30.9 Å². The average molecular weight is 673 g/mol. The predicted molar refractivity (Wildman–Crippen MR) is 177 cm³/mol. The summed E-state index contributed by atoms with van der Waals surface area (Å²) in [4.78, 5) is 17.4. The first-order valence-corrected chi connectivity index (χ1v) is 17.3. The molecule has 0 unspecified atom stereocenters. The molecule has 14 atom stereocenters. The zero-order valence-corrected chi connectivity index (χ0v) is 30.3. The number of likely N-dealkylation sites (N-methyl/N-ethyl adjacent to an activating group) is 1. The summed E-state index contributed by atoms with van der Waals surface area (Å²) in [6, 6.07) is 1.26. The standard InChI is InChI=1S/C34H64N4O9/c1-11-26-34(8,44)29(41)24(6)38(16-15-36-14-12-13-35)19-20(2)18-33(7,43)30(22(4)27(39)23(5)31(42)46-26)47-32-28(40)25(37(9)10)17-21(3)45-32/h20-30,32,36,39-41,43-44H,11-12,14-19H2,1-10H3/t20-,21-,22+,23-,24-,25+,26-,27+,28-,29-,30-,32+,33-,34-/m1/s1. The molecule has 2 aliphatic heterocycles. The fourth-order valence-electron chi connectivity index (χ4n) is 7.39. The van der Waals surface area contributed by atoms with Gasteiger partial charge in [0.15, 0.2) is 6.29 Å². The van der Waals surface area contributed by atoms with E-state index in [9.17, 15) is 30.3 Å². The van der Waals surface area contributed by atoms with E-state index in [0.29, 0.717) is 39.0 Å². The molecule has 0 bridgehead atoms. The van der Waals surface area contributed by atoms with Gasteiger partial charge in [0.05, 0.1) is 35.9 Å². The van der Waals surface area contributed by atoms with Gasteiger partial charge in [-0.25, -0.2) is 0 Å². The number of nitriles is 1. The second kappa shape index (κ2) is 18.0. The maximum atomic E-state index is 13.5. The van der Waals surface area contributed by atoms with E-state index in [1.807, 2.05) is 37.7 Å². The monoisotopic (exact) mass is 672 g/mol. The number of cyclic esters (lactones) is 1. The van der Waals surface area contributed by atoms with Gasteiger partial charge in [-0.1, -0.05) is 20.8 Å². The van der Waals surface area contributed by atoms with Crippen molar-refractivity contribution in [3.63, 3.8) is 0 Å². The number of carbonyl (C=O) groups excluding carboxylic acids is 1. The molecule has 2 fully saturated rings. The SMILES string of the molecule is CC[C@H]1OC(=O)[C@H](C)[C@@H](O)[C@H](C)[C@@H](O[C@@H]2O[C@H](C)C[C@H](N(C)C)[C@H]2O)[C@](C)(O)C[C@@H](C)CN(CCNCCC#N)[C@H](C)[C@@H](O)[C@]1(C)O. The number of hydrogen-bond donors (Lipinski definition) is 6. The normalized spacial score (nSPS) is 43.5. The average Bonchev–Trinajstić information content (AvgIpc) is 2.99. The van der Waals surface area contributed by atoms with Crippen LogP contribution in [0.3, 0.4) is 0 Å². The summed E-state index contributed by atoms with van der Waals surface area (Å²) < 4.78 is 18.3. The first kappa shape index (κ1) is 41.7. The summed E-state index contributed by atoms with van der Waals surface area (Å²) in [7, 11) is 3.74. The summed E-state index contributed by atoms with van der Waals surface area (Å²) in [5.74, 6) is -2.82. The van der Waals surface area contributed by atoms with E-state index < -0.39 is 71.9 Å². The first-order chi connectivity index (χ1) is 21.8. The maximum absolute atomic E-state index is 13.5. The van der Waals surface area contributed by atoms with Gasteiger partial charge in [-0.05, 0) is 73.9 Å². The van der Waals surface area contributed by atoms with Gasteiger partial charge >= 0.3 is 5.97 Å². The lowest BCUT2D eigenvalue weighted by Gasteiger charge is -2.46. The Kier molecular flexibility index (Phi) is 16.0. The zero-order chi connectivity index (χ0) is 35.9. The summed E-state index contributed by atoms with van der Waals surface area (Å²) in [6.07, 6.45) is -5.78. The second-order valence-electron chi connectivity index (χ2n) is 14.8. The van der Waals surface area contributed by atoms with Crippen molar-refractivity contribution < 1.29 is 44.5 Å². The number of hydrogen-bond acceptors (Lipinski definition) is 13. The van der Waals surface area contributed by atoms with Gasteiger partial charge in [0.2, 0.25) is 0 Å². The number of aliphatic hydroxyl groups excluding tert-OH is 3. The molecule has 2 heterocycles. The zero-order valence-electron chi connectivity index (χ0n) is 30.3. The molecule has 0 radical (unpaired) electrons. The number of carbonyl (C=O) groups is 1. The molecular weight excluding hydrogens is 608 g/mol. The van der Waals surface area contributed by atoms with Crippen LogP contribution in [0.1, 0.15) is 81.1 Å². The summed E-state index contributed by atoms with van der Waals surface area (Å²) in [5.41, 5.74) is -3.38. The Balaban J connectivity index is 2.55. The van der Waals surface area contributed by atoms with Gasteiger partial charge in [0.1, 0.15) is 23.9 Å². The van der Waals surface area contributed by atoms with Crippen molar-refractivity contribution in [1.82, 2.24) is 15.1 Å². The van der Waals surface area contributed by atoms with Crippen LogP contribution in [0.15, 0.2) is 0 Å². The molecule has 0 aliphatic carbocycles. The molecule has 13 heteroatoms. The van der Waals surface area contributed by atoms with Gasteiger partial charge in [-0.2, -0.15) is 5.26 Å². The quantitative estimate of drug-likeness (QED) is 0.150. The third kappa shape index (κ3) is 10.8. The number of aliphatic hydroxyl groups is 5. The molecule has 274 valence electrons. The molecule has 2 rings (SSSR count). The van der Waals surface area contributed by atoms with Crippen molar-refractivity contribution in [2.45, 2.75) is 147 Å². The fraction of sp³-hybridized carbons (Fsp3) is 0.941. The maximum Gasteiger partial charge on any atom is 0.311 e. The van der Waals surface area contributed by atoms with Crippen LogP contribution in [0.2, 0.25) is 0 Å². The molecule has 0 aromatic carbocycles. The first-order valence-electron chi connectivity index (χ1n) is 17.3. The van der Waals surface area contributed by atoms with Crippen LogP contribution in [0.5, 0.6) is 0 Å². The lowest BCUT2D eigenvalue weighted by molar-refractivity contribution is -0.299. The van der Waals surface area contributed by atoms with Crippen LogP contribution in [0.25, 0.3) is 0 Å². The van der Waals surface area contributed by atoms with Gasteiger partial charge < -0.3 is 50.0 Å². The highest BCUT2D eigenvalue weighted by atomic mass is 16.7. The Morgan fingerprint density at radius 1 is 1.09 bits per heavy atom. The van der Waals surface area contributed by atoms with Crippen molar-refractivity contribution in [2.24, 2.45) is 17.8 Å². The highest BCUT2D eigenvalue weighted by molar-refractivity contribution is 5.73. The predicted octanol–water partition coefficient (Wildman–Crippen LogP) is 0.849. The van der Waals surface area contributed by atoms with Gasteiger partial charge in [-0.3, -0.25) is 9.69 Å². The molecular formula is C34H64N4O9. The van der Waals surface area contributed by atoms with E-state index >= 15 is 0 Å². The van der Waals surface area contributed by atoms with Crippen LogP contribution < -0.4 is 5.32 Å². The molecule has 0 amide bonds. The molecule has 0 saturated carbocycles. The van der Waals surface area contributed by atoms with Crippen molar-refractivity contribution in [2.75, 3.05) is 40.3 Å². The van der Waals surface area contributed by atoms with Gasteiger partial charge in [0, 0.05) is 50.6 Å². The Hall–Kier alpha value is -1.44. The van der Waals surface area contributed by atoms with E-state index in [4.69, 9.17) is 19.5 Å². The van der Waals surface area contributed by atoms with Crippen LogP contribution in [0.4, 0.5) is 0 Å². The molecule has 47 heavy (non-hydrogen) atoms. The third-order valence-electron chi connectivity index (χ3n) is 10.3. The molecule has 0 aromatic rings. The van der Waals surface area contributed by atoms with Crippen molar-refractivity contribution >= 4 is 5.97 Å². The van der Waals surface area contributed by atoms with E-state index in [2.05, 4.69) is 11.4 Å². The molecule has 2 aliphatic rings. The van der Waals surface area contributed by atoms with E-state index in [0.717, 1.165) is 0 Å². The van der Waals surface area contributed by atoms with E-state index in [1.165, 1.54) is 13.8 Å². The minimum absolute atomic E-state index is 0.174. The highest BCUT2D eigenvalue weighted by Gasteiger charge is 2.50. The topological polar surface area (TPSA) is 188 Å². The lowest BCUT2D eigenvalue weighted by atomic mass is 9.78. The Morgan fingerprint density at radius 2 is 1.72 bits per heavy atom. The Morgan fingerprint density at radius 3 is 2.30 bits per heavy atom. The summed E-state index contributed by atoms with van der Waals surface area (Å²) >= 11 is 0. The van der Waals surface area contributed by atoms with Gasteiger partial charge in [-0.15, -0.1) is 0 Å². The van der Waals surface area contributed by atoms with Crippen molar-refractivity contribution in [3.8, 4) is 6.07 Å². The van der Waals surface area contributed by atoms with Gasteiger partial charge in [0.25, 0.3) is 0 Å². The van der Waals surface area contributed by atoms with E-state index in [1.54, 1.807) is 27.7 Å². The third-order valence-corrected chi connectivity index (χ3v) is 10.3. The minimum Gasteiger partial charge on any atom is -0.459 e. The highest BCUT2D eigenvalue weighted by Crippen LogP contribution is 2.36. The molecule has 0 spiro atoms. The van der Waals surface area contributed by atoms with Crippen LogP contribution in [-0.2, 0) is 19.0 Å². The second-order valence-corrected chi connectivity index (χ2v) is 14.8. The lowest BCUT2D eigenvalue weighted by Crippen LogP contribution is -2.60. The molecule has 0 aromatic heterocycles. The molecule has 13 nitrogen and oxygen atoms in total. The molecule has 2 saturated heterocycles. The van der Waals surface area contributed by atoms with Crippen molar-refractivity contribution in [1.29, 1.82) is 5.26 Å². The van der Waals surface area contributed by atoms with Crippen molar-refractivity contribution in [3.05, 3.63) is 0 Å². The molecule has 6 N–H and O–H groups in total. The van der Waals surface area contributed by atoms with Crippen LogP contribution >= 0.6 is 0 Å². The largest absolute Gasteiger partial charge is 0.459 e. The summed E-state index contributed by atoms with van der Waals surface area (Å²) in [5, 5.41) is 70.3. The smallest absolute Gasteiger partial charge is 0.311 e. The van der Waals surface area contributed by atoms with Crippen LogP contribution in [0, 0.1) is 29.1 Å². The Bertz CT molecular complexity index is 1010. The van der Waals surface area contributed by atoms with Crippen LogP contribution in [-0.4, -0.2) is 148 Å². The number of rotatable bonds is 9. The minimum atomic E-state index is -1.82. The number of nitrogens with one attached hydrogen (secondary N) is 1. The number of ether oxygens (including phenoxy) is 3.